The maximum Gasteiger partial charge on any atom is 0.279 e. The monoisotopic (exact) mass is 330 g/mol. The Hall–Kier alpha value is -1.77. The number of carbonyl (C=O) groups excluding carboxylic acids is 4. The van der Waals surface area contributed by atoms with E-state index >= 15 is 0 Å². The third kappa shape index (κ3) is 5.21. The van der Waals surface area contributed by atoms with Crippen LogP contribution in [0, 0.1) is 5.92 Å². The van der Waals surface area contributed by atoms with Crippen molar-refractivity contribution in [1.82, 2.24) is 15.5 Å². The van der Waals surface area contributed by atoms with Crippen LogP contribution in [0.1, 0.15) is 19.8 Å². The lowest BCUT2D eigenvalue weighted by Gasteiger charge is -2.24. The van der Waals surface area contributed by atoms with E-state index in [0.29, 0.717) is 19.5 Å². The summed E-state index contributed by atoms with van der Waals surface area (Å²) in [5, 5.41) is 4.83. The van der Waals surface area contributed by atoms with E-state index in [9.17, 15) is 19.2 Å². The molecule has 2 atom stereocenters. The molecule has 0 aromatic carbocycles. The van der Waals surface area contributed by atoms with Crippen molar-refractivity contribution in [1.29, 1.82) is 0 Å². The first-order chi connectivity index (χ1) is 10.4. The molecule has 4 amide bonds. The van der Waals surface area contributed by atoms with Crippen LogP contribution in [-0.2, 0) is 14.4 Å². The predicted octanol–water partition coefficient (Wildman–Crippen LogP) is -0.712. The van der Waals surface area contributed by atoms with E-state index in [4.69, 9.17) is 5.73 Å². The first kappa shape index (κ1) is 18.3. The third-order valence-corrected chi connectivity index (χ3v) is 4.33. The van der Waals surface area contributed by atoms with Crippen LogP contribution in [0.2, 0.25) is 0 Å². The summed E-state index contributed by atoms with van der Waals surface area (Å²) in [6.45, 7) is 2.54. The fourth-order valence-electron chi connectivity index (χ4n) is 2.33. The van der Waals surface area contributed by atoms with Crippen molar-refractivity contribution in [3.05, 3.63) is 0 Å². The quantitative estimate of drug-likeness (QED) is 0.569. The maximum absolute atomic E-state index is 11.9. The predicted molar refractivity (Wildman–Crippen MR) is 83.0 cm³/mol. The molecule has 1 heterocycles. The number of nitrogens with zero attached hydrogens (tertiary/aromatic N) is 1. The number of hydrogen-bond donors (Lipinski definition) is 3. The summed E-state index contributed by atoms with van der Waals surface area (Å²) in [4.78, 5) is 47.4. The average Bonchev–Trinajstić information content (AvgIpc) is 2.84. The van der Waals surface area contributed by atoms with E-state index < -0.39 is 11.9 Å². The summed E-state index contributed by atoms with van der Waals surface area (Å²) in [6.07, 6.45) is 0.759. The van der Waals surface area contributed by atoms with Gasteiger partial charge in [-0.3, -0.25) is 19.2 Å². The molecule has 0 radical (unpaired) electrons. The van der Waals surface area contributed by atoms with Crippen molar-refractivity contribution in [3.8, 4) is 0 Å². The van der Waals surface area contributed by atoms with Crippen molar-refractivity contribution in [2.24, 2.45) is 11.7 Å². The Balaban J connectivity index is 2.40. The number of hydrogen-bond acceptors (Lipinski definition) is 5. The maximum atomic E-state index is 11.9. The van der Waals surface area contributed by atoms with Gasteiger partial charge in [0, 0.05) is 32.5 Å². The molecule has 0 aromatic heterocycles. The molecule has 0 bridgehead atoms. The second-order valence-electron chi connectivity index (χ2n) is 5.07. The Morgan fingerprint density at radius 1 is 1.45 bits per heavy atom. The van der Waals surface area contributed by atoms with Gasteiger partial charge in [0.05, 0.1) is 5.75 Å². The van der Waals surface area contributed by atoms with Gasteiger partial charge in [-0.05, 0) is 6.42 Å². The molecule has 1 fully saturated rings. The summed E-state index contributed by atoms with van der Waals surface area (Å²) < 4.78 is 0. The number of rotatable bonds is 7. The molecular formula is C13H22N4O4S. The Labute approximate surface area is 133 Å². The van der Waals surface area contributed by atoms with E-state index in [0.717, 1.165) is 11.8 Å². The lowest BCUT2D eigenvalue weighted by Crippen LogP contribution is -2.45. The largest absolute Gasteiger partial charge is 0.368 e. The van der Waals surface area contributed by atoms with Crippen LogP contribution >= 0.6 is 11.8 Å². The second-order valence-corrected chi connectivity index (χ2v) is 6.02. The van der Waals surface area contributed by atoms with Crippen molar-refractivity contribution in [3.63, 3.8) is 0 Å². The number of carbonyl (C=O) groups is 4. The molecule has 1 rings (SSSR count). The molecular weight excluding hydrogens is 308 g/mol. The van der Waals surface area contributed by atoms with Crippen molar-refractivity contribution < 1.29 is 19.2 Å². The van der Waals surface area contributed by atoms with Gasteiger partial charge < -0.3 is 21.3 Å². The molecule has 8 nitrogen and oxygen atoms in total. The van der Waals surface area contributed by atoms with Crippen molar-refractivity contribution in [2.75, 3.05) is 25.9 Å². The normalized spacial score (nSPS) is 18.9. The molecule has 9 heteroatoms. The molecule has 1 unspecified atom stereocenters. The molecule has 0 saturated carbocycles. The highest BCUT2D eigenvalue weighted by Gasteiger charge is 2.35. The summed E-state index contributed by atoms with van der Waals surface area (Å²) in [5.41, 5.74) is 5.29. The first-order valence-corrected chi connectivity index (χ1v) is 8.07. The smallest absolute Gasteiger partial charge is 0.279 e. The summed E-state index contributed by atoms with van der Waals surface area (Å²) in [6, 6.07) is -0.586. The van der Waals surface area contributed by atoms with E-state index in [-0.39, 0.29) is 35.1 Å². The third-order valence-electron chi connectivity index (χ3n) is 3.46. The number of nitrogens with two attached hydrogens (primary N) is 1. The molecule has 22 heavy (non-hydrogen) atoms. The Morgan fingerprint density at radius 2 is 2.14 bits per heavy atom. The zero-order valence-electron chi connectivity index (χ0n) is 12.8. The van der Waals surface area contributed by atoms with Gasteiger partial charge in [-0.15, -0.1) is 0 Å². The number of amides is 4. The molecule has 1 aliphatic rings. The van der Waals surface area contributed by atoms with Crippen molar-refractivity contribution >= 4 is 34.7 Å². The van der Waals surface area contributed by atoms with Gasteiger partial charge in [0.1, 0.15) is 6.04 Å². The zero-order valence-corrected chi connectivity index (χ0v) is 13.6. The van der Waals surface area contributed by atoms with Gasteiger partial charge in [0.15, 0.2) is 0 Å². The van der Waals surface area contributed by atoms with Gasteiger partial charge in [-0.25, -0.2) is 0 Å². The minimum Gasteiger partial charge on any atom is -0.368 e. The van der Waals surface area contributed by atoms with Gasteiger partial charge in [-0.2, -0.15) is 0 Å². The molecule has 1 saturated heterocycles. The highest BCUT2D eigenvalue weighted by Crippen LogP contribution is 2.21. The number of thioether (sulfide) groups is 1. The first-order valence-electron chi connectivity index (χ1n) is 7.09. The summed E-state index contributed by atoms with van der Waals surface area (Å²) in [7, 11) is 1.49. The van der Waals surface area contributed by atoms with E-state index in [1.165, 1.54) is 11.9 Å². The molecule has 0 spiro atoms. The van der Waals surface area contributed by atoms with Crippen LogP contribution in [-0.4, -0.2) is 59.8 Å². The van der Waals surface area contributed by atoms with Crippen LogP contribution in [0.3, 0.4) is 0 Å². The van der Waals surface area contributed by atoms with Crippen LogP contribution in [0.5, 0.6) is 0 Å². The topological polar surface area (TPSA) is 122 Å². The Kier molecular flexibility index (Phi) is 7.16. The molecule has 4 N–H and O–H groups in total. The van der Waals surface area contributed by atoms with Crippen LogP contribution in [0.25, 0.3) is 0 Å². The lowest BCUT2D eigenvalue weighted by atomic mass is 10.1. The van der Waals surface area contributed by atoms with Crippen molar-refractivity contribution in [2.45, 2.75) is 25.8 Å². The lowest BCUT2D eigenvalue weighted by molar-refractivity contribution is -0.136. The van der Waals surface area contributed by atoms with Crippen LogP contribution < -0.4 is 16.4 Å². The SMILES string of the molecule is CC[C@H](C(N)=O)N1CC(CNC(=O)CSC(=O)NC)CC1=O. The number of nitrogens with one attached hydrogen (secondary N) is 2. The highest BCUT2D eigenvalue weighted by molar-refractivity contribution is 8.14. The van der Waals surface area contributed by atoms with Crippen LogP contribution in [0.4, 0.5) is 4.79 Å². The number of likely N-dealkylation sites (tertiary alicyclic amines) is 1. The van der Waals surface area contributed by atoms with E-state index in [2.05, 4.69) is 10.6 Å². The van der Waals surface area contributed by atoms with Gasteiger partial charge in [0.2, 0.25) is 17.7 Å². The van der Waals surface area contributed by atoms with E-state index in [1.807, 2.05) is 0 Å². The average molecular weight is 330 g/mol. The molecule has 0 aromatic rings. The minimum absolute atomic E-state index is 0.0307. The van der Waals surface area contributed by atoms with E-state index in [1.54, 1.807) is 6.92 Å². The van der Waals surface area contributed by atoms with Gasteiger partial charge >= 0.3 is 0 Å². The second kappa shape index (κ2) is 8.62. The minimum atomic E-state index is -0.586. The Morgan fingerprint density at radius 3 is 2.68 bits per heavy atom. The zero-order chi connectivity index (χ0) is 16.7. The molecule has 0 aliphatic carbocycles. The highest BCUT2D eigenvalue weighted by atomic mass is 32.2. The van der Waals surface area contributed by atoms with Gasteiger partial charge in [-0.1, -0.05) is 18.7 Å². The molecule has 124 valence electrons. The fourth-order valence-corrected chi connectivity index (χ4v) is 2.84. The summed E-state index contributed by atoms with van der Waals surface area (Å²) >= 11 is 0.880. The summed E-state index contributed by atoms with van der Waals surface area (Å²) in [5.74, 6) is -0.911. The molecule has 1 aliphatic heterocycles. The van der Waals surface area contributed by atoms with Gasteiger partial charge in [0.25, 0.3) is 5.24 Å². The standard InChI is InChI=1S/C13H22N4O4S/c1-3-9(12(14)20)17-6-8(4-11(17)19)5-16-10(18)7-22-13(21)15-2/h8-9H,3-7H2,1-2H3,(H2,14,20)(H,15,21)(H,16,18)/t8?,9-/m1/s1. The Bertz CT molecular complexity index is 457. The number of primary amides is 1. The fraction of sp³-hybridized carbons (Fsp3) is 0.692. The van der Waals surface area contributed by atoms with Crippen LogP contribution in [0.15, 0.2) is 0 Å².